The lowest BCUT2D eigenvalue weighted by atomic mass is 9.78. The molecule has 4 nitrogen and oxygen atoms in total. The number of halogens is 3. The first-order chi connectivity index (χ1) is 7.71. The Kier molecular flexibility index (Phi) is 3.79. The number of hydrogen-bond acceptors (Lipinski definition) is 3. The van der Waals surface area contributed by atoms with Crippen molar-refractivity contribution >= 4 is 18.6 Å². The van der Waals surface area contributed by atoms with E-state index in [4.69, 9.17) is 15.2 Å². The molecule has 1 rings (SSSR count). The minimum Gasteiger partial charge on any atom is -0.481 e. The summed E-state index contributed by atoms with van der Waals surface area (Å²) in [5, 5.41) is 26.1. The molecule has 0 saturated heterocycles. The van der Waals surface area contributed by atoms with Gasteiger partial charge in [-0.1, -0.05) is 18.2 Å². The third-order valence-corrected chi connectivity index (χ3v) is 2.07. The summed E-state index contributed by atoms with van der Waals surface area (Å²) < 4.78 is 37.5. The van der Waals surface area contributed by atoms with Crippen molar-refractivity contribution in [3.8, 4) is 0 Å². The highest BCUT2D eigenvalue weighted by Gasteiger charge is 2.34. The average Bonchev–Trinajstić information content (AvgIpc) is 2.14. The first-order valence-corrected chi connectivity index (χ1v) is 4.49. The van der Waals surface area contributed by atoms with E-state index in [9.17, 15) is 18.0 Å². The van der Waals surface area contributed by atoms with E-state index >= 15 is 0 Å². The Hall–Kier alpha value is -1.54. The van der Waals surface area contributed by atoms with Crippen LogP contribution in [-0.2, 0) is 17.4 Å². The SMILES string of the molecule is O=C(O)Cc1cc(B(O)O)ccc1C(F)(F)F. The molecule has 0 unspecified atom stereocenters. The molecular formula is C9H8BF3O4. The Morgan fingerprint density at radius 2 is 1.88 bits per heavy atom. The fraction of sp³-hybridized carbons (Fsp3) is 0.222. The highest BCUT2D eigenvalue weighted by atomic mass is 19.4. The van der Waals surface area contributed by atoms with Gasteiger partial charge in [-0.25, -0.2) is 0 Å². The van der Waals surface area contributed by atoms with Gasteiger partial charge >= 0.3 is 19.3 Å². The summed E-state index contributed by atoms with van der Waals surface area (Å²) in [7, 11) is -1.94. The summed E-state index contributed by atoms with van der Waals surface area (Å²) >= 11 is 0. The van der Waals surface area contributed by atoms with Crippen LogP contribution >= 0.6 is 0 Å². The first kappa shape index (κ1) is 13.5. The number of alkyl halides is 3. The van der Waals surface area contributed by atoms with Gasteiger partial charge in [-0.15, -0.1) is 0 Å². The second-order valence-corrected chi connectivity index (χ2v) is 3.36. The van der Waals surface area contributed by atoms with Crippen molar-refractivity contribution in [3.63, 3.8) is 0 Å². The summed E-state index contributed by atoms with van der Waals surface area (Å²) in [5.41, 5.74) is -1.78. The molecule has 0 radical (unpaired) electrons. The quantitative estimate of drug-likeness (QED) is 0.658. The Balaban J connectivity index is 3.26. The number of carboxylic acids is 1. The molecule has 0 atom stereocenters. The van der Waals surface area contributed by atoms with Crippen molar-refractivity contribution in [1.29, 1.82) is 0 Å². The van der Waals surface area contributed by atoms with Crippen LogP contribution in [0.4, 0.5) is 13.2 Å². The predicted octanol–water partition coefficient (Wildman–Crippen LogP) is 0.0123. The molecular weight excluding hydrogens is 240 g/mol. The molecule has 1 aromatic rings. The van der Waals surface area contributed by atoms with Crippen LogP contribution in [-0.4, -0.2) is 28.2 Å². The lowest BCUT2D eigenvalue weighted by molar-refractivity contribution is -0.139. The van der Waals surface area contributed by atoms with Gasteiger partial charge in [0.1, 0.15) is 0 Å². The zero-order chi connectivity index (χ0) is 13.2. The van der Waals surface area contributed by atoms with Gasteiger partial charge in [0, 0.05) is 0 Å². The number of rotatable bonds is 3. The topological polar surface area (TPSA) is 77.8 Å². The van der Waals surface area contributed by atoms with Crippen LogP contribution in [0, 0.1) is 0 Å². The van der Waals surface area contributed by atoms with Gasteiger partial charge in [0.2, 0.25) is 0 Å². The van der Waals surface area contributed by atoms with Gasteiger partial charge in [0.25, 0.3) is 0 Å². The minimum atomic E-state index is -4.68. The molecule has 0 aromatic heterocycles. The molecule has 17 heavy (non-hydrogen) atoms. The monoisotopic (exact) mass is 248 g/mol. The van der Waals surface area contributed by atoms with Crippen molar-refractivity contribution in [3.05, 3.63) is 29.3 Å². The Labute approximate surface area is 94.5 Å². The summed E-state index contributed by atoms with van der Waals surface area (Å²) in [6, 6.07) is 2.34. The number of benzene rings is 1. The zero-order valence-electron chi connectivity index (χ0n) is 8.40. The standard InChI is InChI=1S/C9H8BF3O4/c11-9(12,13)7-2-1-6(10(16)17)3-5(7)4-8(14)15/h1-3,16-17H,4H2,(H,14,15). The van der Waals surface area contributed by atoms with Crippen LogP contribution in [0.25, 0.3) is 0 Å². The molecule has 0 spiro atoms. The number of carboxylic acid groups (broad SMARTS) is 1. The third-order valence-electron chi connectivity index (χ3n) is 2.07. The molecule has 8 heteroatoms. The van der Waals surface area contributed by atoms with Gasteiger partial charge in [0.05, 0.1) is 12.0 Å². The van der Waals surface area contributed by atoms with Crippen LogP contribution < -0.4 is 5.46 Å². The average molecular weight is 248 g/mol. The fourth-order valence-electron chi connectivity index (χ4n) is 1.36. The Morgan fingerprint density at radius 1 is 1.29 bits per heavy atom. The van der Waals surface area contributed by atoms with Crippen molar-refractivity contribution in [2.75, 3.05) is 0 Å². The molecule has 0 bridgehead atoms. The molecule has 0 fully saturated rings. The minimum absolute atomic E-state index is 0.186. The van der Waals surface area contributed by atoms with Gasteiger partial charge in [0.15, 0.2) is 0 Å². The lowest BCUT2D eigenvalue weighted by Crippen LogP contribution is -2.31. The molecule has 0 heterocycles. The van der Waals surface area contributed by atoms with E-state index < -0.39 is 36.8 Å². The maximum absolute atomic E-state index is 12.5. The van der Waals surface area contributed by atoms with Crippen molar-refractivity contribution in [1.82, 2.24) is 0 Å². The molecule has 0 aliphatic carbocycles. The van der Waals surface area contributed by atoms with Gasteiger partial charge in [-0.05, 0) is 11.0 Å². The highest BCUT2D eigenvalue weighted by Crippen LogP contribution is 2.31. The summed E-state index contributed by atoms with van der Waals surface area (Å²) in [4.78, 5) is 10.4. The van der Waals surface area contributed by atoms with Crippen LogP contribution in [0.5, 0.6) is 0 Å². The Morgan fingerprint density at radius 3 is 2.29 bits per heavy atom. The summed E-state index contributed by atoms with van der Waals surface area (Å²) in [6.45, 7) is 0. The molecule has 1 aromatic carbocycles. The molecule has 0 amide bonds. The van der Waals surface area contributed by atoms with Gasteiger partial charge in [-0.3, -0.25) is 4.79 Å². The lowest BCUT2D eigenvalue weighted by Gasteiger charge is -2.13. The van der Waals surface area contributed by atoms with Crippen molar-refractivity contribution in [2.24, 2.45) is 0 Å². The maximum Gasteiger partial charge on any atom is 0.488 e. The second kappa shape index (κ2) is 4.76. The first-order valence-electron chi connectivity index (χ1n) is 4.49. The van der Waals surface area contributed by atoms with E-state index in [0.29, 0.717) is 6.07 Å². The normalized spacial score (nSPS) is 11.4. The predicted molar refractivity (Wildman–Crippen MR) is 52.6 cm³/mol. The van der Waals surface area contributed by atoms with E-state index in [-0.39, 0.29) is 5.46 Å². The van der Waals surface area contributed by atoms with Crippen LogP contribution in [0.2, 0.25) is 0 Å². The highest BCUT2D eigenvalue weighted by molar-refractivity contribution is 6.58. The van der Waals surface area contributed by atoms with E-state index in [1.807, 2.05) is 0 Å². The largest absolute Gasteiger partial charge is 0.488 e. The number of aliphatic carboxylic acids is 1. The number of hydrogen-bond donors (Lipinski definition) is 3. The zero-order valence-corrected chi connectivity index (χ0v) is 8.40. The van der Waals surface area contributed by atoms with Gasteiger partial charge < -0.3 is 15.2 Å². The molecule has 92 valence electrons. The van der Waals surface area contributed by atoms with Crippen LogP contribution in [0.15, 0.2) is 18.2 Å². The summed E-state index contributed by atoms with van der Waals surface area (Å²) in [6.07, 6.45) is -5.51. The summed E-state index contributed by atoms with van der Waals surface area (Å²) in [5.74, 6) is -1.43. The van der Waals surface area contributed by atoms with Crippen molar-refractivity contribution in [2.45, 2.75) is 12.6 Å². The van der Waals surface area contributed by atoms with Crippen LogP contribution in [0.3, 0.4) is 0 Å². The second-order valence-electron chi connectivity index (χ2n) is 3.36. The molecule has 0 saturated carbocycles. The molecule has 3 N–H and O–H groups in total. The number of carbonyl (C=O) groups is 1. The fourth-order valence-corrected chi connectivity index (χ4v) is 1.36. The maximum atomic E-state index is 12.5. The Bertz CT molecular complexity index is 431. The van der Waals surface area contributed by atoms with Crippen molar-refractivity contribution < 1.29 is 33.1 Å². The molecule has 0 aliphatic heterocycles. The molecule has 0 aliphatic rings. The van der Waals surface area contributed by atoms with E-state index in [0.717, 1.165) is 12.1 Å². The van der Waals surface area contributed by atoms with Gasteiger partial charge in [-0.2, -0.15) is 13.2 Å². The van der Waals surface area contributed by atoms with E-state index in [1.165, 1.54) is 0 Å². The van der Waals surface area contributed by atoms with Crippen LogP contribution in [0.1, 0.15) is 11.1 Å². The van der Waals surface area contributed by atoms with E-state index in [2.05, 4.69) is 0 Å². The smallest absolute Gasteiger partial charge is 0.481 e. The third kappa shape index (κ3) is 3.47. The van der Waals surface area contributed by atoms with E-state index in [1.54, 1.807) is 0 Å².